The zero-order chi connectivity index (χ0) is 19.7. The predicted octanol–water partition coefficient (Wildman–Crippen LogP) is 3.22. The molecular weight excluding hydrogens is 396 g/mol. The molecule has 144 valence electrons. The lowest BCUT2D eigenvalue weighted by atomic mass is 10.2. The number of aromatic nitrogens is 2. The molecule has 28 heavy (non-hydrogen) atoms. The van der Waals surface area contributed by atoms with Crippen LogP contribution in [-0.2, 0) is 0 Å². The van der Waals surface area contributed by atoms with Gasteiger partial charge in [0, 0.05) is 37.3 Å². The third kappa shape index (κ3) is 3.68. The van der Waals surface area contributed by atoms with E-state index in [9.17, 15) is 9.59 Å². The van der Waals surface area contributed by atoms with E-state index in [1.165, 1.54) is 22.1 Å². The first-order valence-corrected chi connectivity index (χ1v) is 10.2. The Labute approximate surface area is 171 Å². The average Bonchev–Trinajstić information content (AvgIpc) is 3.14. The number of anilines is 1. The number of amides is 1. The fraction of sp³-hybridized carbons (Fsp3) is 0.250. The summed E-state index contributed by atoms with van der Waals surface area (Å²) in [6, 6.07) is 12.3. The molecule has 0 spiro atoms. The van der Waals surface area contributed by atoms with Gasteiger partial charge in [0.2, 0.25) is 0 Å². The summed E-state index contributed by atoms with van der Waals surface area (Å²) in [5.74, 6) is 0.794. The van der Waals surface area contributed by atoms with Crippen LogP contribution in [0.25, 0.3) is 5.69 Å². The number of carbonyl (C=O) groups excluding carboxylic acids is 1. The van der Waals surface area contributed by atoms with Crippen LogP contribution in [0.5, 0.6) is 0 Å². The fourth-order valence-electron chi connectivity index (χ4n) is 3.24. The molecule has 0 N–H and O–H groups in total. The van der Waals surface area contributed by atoms with Crippen molar-refractivity contribution in [2.24, 2.45) is 0 Å². The van der Waals surface area contributed by atoms with Gasteiger partial charge in [-0.2, -0.15) is 4.68 Å². The molecule has 0 aliphatic carbocycles. The Kier molecular flexibility index (Phi) is 5.19. The molecule has 0 bridgehead atoms. The average molecular weight is 415 g/mol. The number of thiophene rings is 1. The van der Waals surface area contributed by atoms with E-state index in [1.807, 2.05) is 23.3 Å². The van der Waals surface area contributed by atoms with Crippen molar-refractivity contribution in [3.8, 4) is 5.69 Å². The maximum atomic E-state index is 12.7. The third-order valence-electron chi connectivity index (χ3n) is 4.79. The number of aryl methyl sites for hydroxylation is 1. The van der Waals surface area contributed by atoms with E-state index in [0.29, 0.717) is 42.7 Å². The topological polar surface area (TPSA) is 58.4 Å². The number of hydrogen-bond donors (Lipinski definition) is 0. The smallest absolute Gasteiger partial charge is 0.271 e. The van der Waals surface area contributed by atoms with Gasteiger partial charge in [-0.05, 0) is 48.2 Å². The monoisotopic (exact) mass is 414 g/mol. The third-order valence-corrected chi connectivity index (χ3v) is 6.03. The van der Waals surface area contributed by atoms with Gasteiger partial charge < -0.3 is 9.80 Å². The number of benzene rings is 1. The van der Waals surface area contributed by atoms with Crippen LogP contribution in [-0.4, -0.2) is 46.8 Å². The summed E-state index contributed by atoms with van der Waals surface area (Å²) in [5, 5.41) is 7.01. The minimum atomic E-state index is -0.215. The summed E-state index contributed by atoms with van der Waals surface area (Å²) in [6.07, 6.45) is 0. The van der Waals surface area contributed by atoms with Crippen molar-refractivity contribution in [3.63, 3.8) is 0 Å². The molecule has 1 aromatic carbocycles. The van der Waals surface area contributed by atoms with Crippen molar-refractivity contribution in [2.75, 3.05) is 31.1 Å². The maximum absolute atomic E-state index is 12.7. The molecule has 1 aliphatic heterocycles. The highest BCUT2D eigenvalue weighted by molar-refractivity contribution is 7.12. The van der Waals surface area contributed by atoms with E-state index >= 15 is 0 Å². The van der Waals surface area contributed by atoms with Gasteiger partial charge in [-0.1, -0.05) is 17.7 Å². The Morgan fingerprint density at radius 2 is 1.89 bits per heavy atom. The zero-order valence-electron chi connectivity index (χ0n) is 15.3. The van der Waals surface area contributed by atoms with Crippen molar-refractivity contribution in [1.82, 2.24) is 14.7 Å². The first kappa shape index (κ1) is 18.7. The Hall–Kier alpha value is -2.64. The second-order valence-corrected chi connectivity index (χ2v) is 7.99. The van der Waals surface area contributed by atoms with Gasteiger partial charge >= 0.3 is 0 Å². The van der Waals surface area contributed by atoms with Crippen molar-refractivity contribution in [2.45, 2.75) is 6.92 Å². The number of hydrogen-bond acceptors (Lipinski definition) is 5. The summed E-state index contributed by atoms with van der Waals surface area (Å²) in [7, 11) is 0. The molecule has 0 atom stereocenters. The molecule has 3 heterocycles. The zero-order valence-corrected chi connectivity index (χ0v) is 16.9. The van der Waals surface area contributed by atoms with Gasteiger partial charge in [-0.3, -0.25) is 9.59 Å². The lowest BCUT2D eigenvalue weighted by Gasteiger charge is -2.35. The van der Waals surface area contributed by atoms with Gasteiger partial charge in [0.25, 0.3) is 11.5 Å². The van der Waals surface area contributed by atoms with Crippen LogP contribution >= 0.6 is 22.9 Å². The molecule has 1 fully saturated rings. The Bertz CT molecular complexity index is 1070. The Morgan fingerprint density at radius 3 is 2.57 bits per heavy atom. The second-order valence-electron chi connectivity index (χ2n) is 6.63. The van der Waals surface area contributed by atoms with Crippen molar-refractivity contribution >= 4 is 34.7 Å². The van der Waals surface area contributed by atoms with E-state index in [4.69, 9.17) is 11.6 Å². The predicted molar refractivity (Wildman–Crippen MR) is 112 cm³/mol. The second kappa shape index (κ2) is 7.77. The Balaban J connectivity index is 1.51. The molecule has 1 saturated heterocycles. The van der Waals surface area contributed by atoms with E-state index < -0.39 is 0 Å². The molecule has 3 aromatic rings. The SMILES string of the molecule is Cc1ccsc1C(=O)N1CCN(c2ccc(=O)n(-c3cccc(Cl)c3)n2)CC1. The molecule has 1 amide bonds. The number of halogens is 1. The van der Waals surface area contributed by atoms with E-state index in [0.717, 1.165) is 10.4 Å². The van der Waals surface area contributed by atoms with E-state index in [-0.39, 0.29) is 11.5 Å². The number of carbonyl (C=O) groups is 1. The fourth-order valence-corrected chi connectivity index (χ4v) is 4.31. The van der Waals surface area contributed by atoms with Crippen LogP contribution in [0.4, 0.5) is 5.82 Å². The van der Waals surface area contributed by atoms with Crippen LogP contribution in [0.15, 0.2) is 52.6 Å². The van der Waals surface area contributed by atoms with Crippen molar-refractivity contribution < 1.29 is 4.79 Å². The largest absolute Gasteiger partial charge is 0.352 e. The van der Waals surface area contributed by atoms with Gasteiger partial charge in [-0.25, -0.2) is 0 Å². The highest BCUT2D eigenvalue weighted by atomic mass is 35.5. The molecule has 0 radical (unpaired) electrons. The van der Waals surface area contributed by atoms with E-state index in [2.05, 4.69) is 10.00 Å². The first-order valence-electron chi connectivity index (χ1n) is 8.97. The van der Waals surface area contributed by atoms with Gasteiger partial charge in [0.1, 0.15) is 5.82 Å². The molecular formula is C20H19ClN4O2S. The lowest BCUT2D eigenvalue weighted by Crippen LogP contribution is -2.49. The van der Waals surface area contributed by atoms with Crippen LogP contribution in [0.2, 0.25) is 5.02 Å². The molecule has 0 unspecified atom stereocenters. The van der Waals surface area contributed by atoms with Gasteiger partial charge in [0.15, 0.2) is 0 Å². The van der Waals surface area contributed by atoms with Crippen LogP contribution in [0, 0.1) is 6.92 Å². The Morgan fingerprint density at radius 1 is 1.11 bits per heavy atom. The summed E-state index contributed by atoms with van der Waals surface area (Å²) in [6.45, 7) is 4.53. The minimum absolute atomic E-state index is 0.0870. The quantitative estimate of drug-likeness (QED) is 0.660. The van der Waals surface area contributed by atoms with Crippen LogP contribution in [0.3, 0.4) is 0 Å². The standard InChI is InChI=1S/C20H19ClN4O2S/c1-14-7-12-28-19(14)20(27)24-10-8-23(9-11-24)17-5-6-18(26)25(22-17)16-4-2-3-15(21)13-16/h2-7,12-13H,8-11H2,1H3. The van der Waals surface area contributed by atoms with Gasteiger partial charge in [-0.15, -0.1) is 16.4 Å². The number of piperazine rings is 1. The molecule has 1 aliphatic rings. The lowest BCUT2D eigenvalue weighted by molar-refractivity contribution is 0.0750. The van der Waals surface area contributed by atoms with Crippen LogP contribution in [0.1, 0.15) is 15.2 Å². The summed E-state index contributed by atoms with van der Waals surface area (Å²) >= 11 is 7.53. The number of rotatable bonds is 3. The van der Waals surface area contributed by atoms with E-state index in [1.54, 1.807) is 30.3 Å². The summed E-state index contributed by atoms with van der Waals surface area (Å²) < 4.78 is 1.35. The molecule has 0 saturated carbocycles. The molecule has 2 aromatic heterocycles. The summed E-state index contributed by atoms with van der Waals surface area (Å²) in [4.78, 5) is 29.7. The number of nitrogens with zero attached hydrogens (tertiary/aromatic N) is 4. The molecule has 6 nitrogen and oxygen atoms in total. The summed E-state index contributed by atoms with van der Waals surface area (Å²) in [5.41, 5.74) is 1.43. The van der Waals surface area contributed by atoms with Crippen LogP contribution < -0.4 is 10.5 Å². The van der Waals surface area contributed by atoms with Crippen molar-refractivity contribution in [1.29, 1.82) is 0 Å². The first-order chi connectivity index (χ1) is 13.5. The normalized spacial score (nSPS) is 14.4. The van der Waals surface area contributed by atoms with Gasteiger partial charge in [0.05, 0.1) is 10.6 Å². The molecule has 4 rings (SSSR count). The minimum Gasteiger partial charge on any atom is -0.352 e. The van der Waals surface area contributed by atoms with Crippen molar-refractivity contribution in [3.05, 3.63) is 73.7 Å². The highest BCUT2D eigenvalue weighted by Gasteiger charge is 2.24. The maximum Gasteiger partial charge on any atom is 0.271 e. The highest BCUT2D eigenvalue weighted by Crippen LogP contribution is 2.20. The molecule has 8 heteroatoms.